The summed E-state index contributed by atoms with van der Waals surface area (Å²) in [6.07, 6.45) is 3.62. The number of carbonyl (C=O) groups is 1. The summed E-state index contributed by atoms with van der Waals surface area (Å²) in [6.45, 7) is 12.6. The molecule has 46 heavy (non-hydrogen) atoms. The van der Waals surface area contributed by atoms with Crippen LogP contribution in [0.3, 0.4) is 0 Å². The molecule has 10 nitrogen and oxygen atoms in total. The van der Waals surface area contributed by atoms with Gasteiger partial charge in [0.1, 0.15) is 0 Å². The summed E-state index contributed by atoms with van der Waals surface area (Å²) in [5, 5.41) is 13.7. The number of anilines is 2. The summed E-state index contributed by atoms with van der Waals surface area (Å²) in [4.78, 5) is 17.6. The number of hydrogen-bond acceptors (Lipinski definition) is 8. The van der Waals surface area contributed by atoms with Crippen LogP contribution in [0.15, 0.2) is 71.2 Å². The molecule has 1 atom stereocenters. The summed E-state index contributed by atoms with van der Waals surface area (Å²) in [5.74, 6) is -1.60. The summed E-state index contributed by atoms with van der Waals surface area (Å²) in [6, 6.07) is 11.5. The van der Waals surface area contributed by atoms with Gasteiger partial charge in [0.05, 0.1) is 17.5 Å². The van der Waals surface area contributed by atoms with Gasteiger partial charge in [-0.3, -0.25) is 13.9 Å². The fourth-order valence-corrected chi connectivity index (χ4v) is 7.98. The molecule has 0 amide bonds. The van der Waals surface area contributed by atoms with Crippen LogP contribution < -0.4 is 14.9 Å². The van der Waals surface area contributed by atoms with Crippen molar-refractivity contribution in [1.82, 2.24) is 0 Å². The van der Waals surface area contributed by atoms with E-state index in [1.807, 2.05) is 81.7 Å². The Hall–Kier alpha value is -3.45. The molecule has 0 aromatic heterocycles. The van der Waals surface area contributed by atoms with Crippen molar-refractivity contribution < 1.29 is 35.8 Å². The number of ketones is 1. The molecule has 0 spiro atoms. The number of allylic oxidation sites excluding steroid dienone is 4. The van der Waals surface area contributed by atoms with Crippen molar-refractivity contribution in [2.24, 2.45) is 0 Å². The lowest BCUT2D eigenvalue weighted by atomic mass is 9.76. The van der Waals surface area contributed by atoms with Crippen LogP contribution in [0, 0.1) is 13.8 Å². The molecule has 0 bridgehead atoms. The van der Waals surface area contributed by atoms with Crippen molar-refractivity contribution in [3.8, 4) is 0 Å². The van der Waals surface area contributed by atoms with Gasteiger partial charge in [0.25, 0.3) is 20.2 Å². The molecule has 2 aromatic rings. The zero-order chi connectivity index (χ0) is 34.0. The Balaban J connectivity index is 1.52. The quantitative estimate of drug-likeness (QED) is 0.279. The average molecular weight is 670 g/mol. The van der Waals surface area contributed by atoms with Crippen molar-refractivity contribution in [2.45, 2.75) is 71.3 Å². The van der Waals surface area contributed by atoms with Gasteiger partial charge in [-0.05, 0) is 56.0 Å². The number of aryl methyl sites for hydroxylation is 2. The van der Waals surface area contributed by atoms with Crippen molar-refractivity contribution in [1.29, 1.82) is 0 Å². The van der Waals surface area contributed by atoms with Crippen LogP contribution in [0.2, 0.25) is 0 Å². The van der Waals surface area contributed by atoms with Gasteiger partial charge in [0.2, 0.25) is 0 Å². The minimum atomic E-state index is -4.16. The first kappa shape index (κ1) is 33.9. The molecule has 0 saturated heterocycles. The van der Waals surface area contributed by atoms with E-state index in [4.69, 9.17) is 0 Å². The molecule has 0 fully saturated rings. The number of nitrogens with zero attached hydrogens (tertiary/aromatic N) is 2. The molecule has 12 heteroatoms. The Morgan fingerprint density at radius 2 is 1.39 bits per heavy atom. The van der Waals surface area contributed by atoms with E-state index in [-0.39, 0.29) is 42.1 Å². The third-order valence-corrected chi connectivity index (χ3v) is 11.1. The summed E-state index contributed by atoms with van der Waals surface area (Å²) in [7, 11) is -8.32. The maximum Gasteiger partial charge on any atom is 0.264 e. The van der Waals surface area contributed by atoms with E-state index < -0.39 is 48.6 Å². The fourth-order valence-electron chi connectivity index (χ4n) is 7.00. The first-order chi connectivity index (χ1) is 21.2. The Kier molecular flexibility index (Phi) is 8.59. The lowest BCUT2D eigenvalue weighted by molar-refractivity contribution is -0.300. The molecule has 0 radical (unpaired) electrons. The topological polar surface area (TPSA) is 155 Å². The summed E-state index contributed by atoms with van der Waals surface area (Å²) < 4.78 is 64.4. The summed E-state index contributed by atoms with van der Waals surface area (Å²) in [5.41, 5.74) is 5.53. The van der Waals surface area contributed by atoms with Crippen molar-refractivity contribution in [3.63, 3.8) is 0 Å². The molecule has 1 aliphatic carbocycles. The third-order valence-electron chi connectivity index (χ3n) is 9.45. The van der Waals surface area contributed by atoms with Gasteiger partial charge in [-0.2, -0.15) is 16.8 Å². The highest BCUT2D eigenvalue weighted by atomic mass is 32.2. The standard InChI is InChI=1S/C34H42N2O8S2/c1-21-9-11-27-25(17-21)33(3,4)29(35(27)13-7-15-45(39,40)41)19-23-31(37)24(32(23)38)20-30-34(5,6)26-18-22(2)10-12-28(26)36(30)14-8-16-46(42,43)44/h9-12,17-20,29,37H,7-8,13-16H2,1-6H3,(H,39,40,41)(H,42,43,44)/p-1/b23-19?,30-20+. The van der Waals surface area contributed by atoms with Crippen LogP contribution in [-0.4, -0.2) is 62.4 Å². The predicted octanol–water partition coefficient (Wildman–Crippen LogP) is 4.13. The number of rotatable bonds is 10. The first-order valence-electron chi connectivity index (χ1n) is 15.3. The van der Waals surface area contributed by atoms with Crippen molar-refractivity contribution >= 4 is 37.4 Å². The molecule has 2 heterocycles. The van der Waals surface area contributed by atoms with E-state index in [0.717, 1.165) is 33.6 Å². The van der Waals surface area contributed by atoms with Gasteiger partial charge in [-0.1, -0.05) is 74.9 Å². The molecule has 5 rings (SSSR count). The van der Waals surface area contributed by atoms with Crippen molar-refractivity contribution in [3.05, 3.63) is 93.4 Å². The lowest BCUT2D eigenvalue weighted by Crippen LogP contribution is -2.43. The Morgan fingerprint density at radius 1 is 0.848 bits per heavy atom. The minimum absolute atomic E-state index is 0.0423. The Morgan fingerprint density at radius 3 is 1.96 bits per heavy atom. The average Bonchev–Trinajstić information content (AvgIpc) is 3.26. The normalized spacial score (nSPS) is 22.1. The monoisotopic (exact) mass is 669 g/mol. The highest BCUT2D eigenvalue weighted by molar-refractivity contribution is 7.86. The van der Waals surface area contributed by atoms with E-state index in [1.54, 1.807) is 12.2 Å². The predicted molar refractivity (Wildman–Crippen MR) is 177 cm³/mol. The highest BCUT2D eigenvalue weighted by Gasteiger charge is 2.45. The Bertz CT molecular complexity index is 1920. The number of carbonyl (C=O) groups excluding carboxylic acids is 1. The van der Waals surface area contributed by atoms with Gasteiger partial charge >= 0.3 is 0 Å². The van der Waals surface area contributed by atoms with E-state index >= 15 is 0 Å². The molecule has 1 unspecified atom stereocenters. The second kappa shape index (κ2) is 11.7. The second-order valence-electron chi connectivity index (χ2n) is 13.6. The van der Waals surface area contributed by atoms with Gasteiger partial charge in [0, 0.05) is 52.1 Å². The molecule has 3 aliphatic rings. The lowest BCUT2D eigenvalue weighted by Gasteiger charge is -2.37. The second-order valence-corrected chi connectivity index (χ2v) is 16.8. The van der Waals surface area contributed by atoms with Crippen LogP contribution in [0.5, 0.6) is 0 Å². The van der Waals surface area contributed by atoms with Gasteiger partial charge in [-0.15, -0.1) is 0 Å². The van der Waals surface area contributed by atoms with Crippen LogP contribution in [0.25, 0.3) is 0 Å². The third kappa shape index (κ3) is 6.27. The van der Waals surface area contributed by atoms with Crippen LogP contribution in [-0.2, 0) is 35.9 Å². The SMILES string of the molecule is Cc1ccc2c(c1)C(C)(C)/C(=C\C1=C([O-])C(=CC3N(CCCS(=O)(=O)O)c4ccc(C)cc4C3(C)C)C1=O)N2CCCS(=O)(=O)O. The number of benzene rings is 2. The van der Waals surface area contributed by atoms with E-state index in [1.165, 1.54) is 0 Å². The van der Waals surface area contributed by atoms with E-state index in [0.29, 0.717) is 12.2 Å². The van der Waals surface area contributed by atoms with Gasteiger partial charge in [0.15, 0.2) is 5.78 Å². The molecular weight excluding hydrogens is 629 g/mol. The fraction of sp³-hybridized carbons (Fsp3) is 0.441. The summed E-state index contributed by atoms with van der Waals surface area (Å²) >= 11 is 0. The maximum absolute atomic E-state index is 13.7. The zero-order valence-electron chi connectivity index (χ0n) is 27.0. The highest BCUT2D eigenvalue weighted by Crippen LogP contribution is 2.50. The molecule has 2 aliphatic heterocycles. The van der Waals surface area contributed by atoms with Crippen LogP contribution in [0.1, 0.15) is 62.8 Å². The molecular formula is C34H41N2O8S2-. The maximum atomic E-state index is 13.7. The van der Waals surface area contributed by atoms with E-state index in [2.05, 4.69) is 6.07 Å². The van der Waals surface area contributed by atoms with Gasteiger partial charge < -0.3 is 14.9 Å². The van der Waals surface area contributed by atoms with Gasteiger partial charge in [-0.25, -0.2) is 0 Å². The van der Waals surface area contributed by atoms with Crippen molar-refractivity contribution in [2.75, 3.05) is 34.4 Å². The number of fused-ring (bicyclic) bond motifs is 2. The largest absolute Gasteiger partial charge is 0.871 e. The minimum Gasteiger partial charge on any atom is -0.871 e. The zero-order valence-corrected chi connectivity index (χ0v) is 28.6. The first-order valence-corrected chi connectivity index (χ1v) is 18.5. The molecule has 248 valence electrons. The molecule has 2 aromatic carbocycles. The smallest absolute Gasteiger partial charge is 0.264 e. The molecule has 2 N–H and O–H groups in total. The van der Waals surface area contributed by atoms with Crippen LogP contribution >= 0.6 is 0 Å². The van der Waals surface area contributed by atoms with Crippen LogP contribution in [0.4, 0.5) is 11.4 Å². The van der Waals surface area contributed by atoms with E-state index in [9.17, 15) is 35.8 Å². The Labute approximate surface area is 271 Å². The molecule has 0 saturated carbocycles. The number of Topliss-reactive ketones (excluding diaryl/α,β-unsaturated/α-hetero) is 1. The number of hydrogen-bond donors (Lipinski definition) is 2.